The summed E-state index contributed by atoms with van der Waals surface area (Å²) in [5.41, 5.74) is -2.31. The normalized spacial score (nSPS) is 19.0. The van der Waals surface area contributed by atoms with Gasteiger partial charge in [-0.1, -0.05) is 6.07 Å². The van der Waals surface area contributed by atoms with E-state index in [0.29, 0.717) is 16.9 Å². The number of hydrogen-bond acceptors (Lipinski definition) is 7. The smallest absolute Gasteiger partial charge is 0.348 e. The van der Waals surface area contributed by atoms with Crippen LogP contribution in [0.15, 0.2) is 41.3 Å². The van der Waals surface area contributed by atoms with Gasteiger partial charge in [0.15, 0.2) is 12.0 Å². The van der Waals surface area contributed by atoms with Crippen molar-refractivity contribution in [2.75, 3.05) is 13.7 Å². The van der Waals surface area contributed by atoms with E-state index < -0.39 is 11.6 Å². The standard InChI is InChI=1S/C18H16O6S/c1-3-23-17(20)18(21)12-7-6-11(22-2)9-14(12)24-16(13(18)10-19)15-5-4-8-25-15/h4-10,21H,3H2,1-2H3/t18-/m1/s1. The fourth-order valence-corrected chi connectivity index (χ4v) is 3.39. The molecular weight excluding hydrogens is 344 g/mol. The Morgan fingerprint density at radius 3 is 2.80 bits per heavy atom. The topological polar surface area (TPSA) is 82.1 Å². The van der Waals surface area contributed by atoms with Gasteiger partial charge in [-0.2, -0.15) is 0 Å². The predicted molar refractivity (Wildman–Crippen MR) is 91.5 cm³/mol. The van der Waals surface area contributed by atoms with Crippen LogP contribution in [0.1, 0.15) is 17.4 Å². The van der Waals surface area contributed by atoms with Gasteiger partial charge >= 0.3 is 5.97 Å². The van der Waals surface area contributed by atoms with Crippen molar-refractivity contribution in [3.8, 4) is 11.5 Å². The number of carbonyl (C=O) groups excluding carboxylic acids is 2. The van der Waals surface area contributed by atoms with Crippen LogP contribution in [-0.2, 0) is 19.9 Å². The Morgan fingerprint density at radius 1 is 1.40 bits per heavy atom. The average Bonchev–Trinajstić information content (AvgIpc) is 3.15. The summed E-state index contributed by atoms with van der Waals surface area (Å²) in [6.45, 7) is 1.69. The number of methoxy groups -OCH3 is 1. The van der Waals surface area contributed by atoms with Crippen molar-refractivity contribution in [3.63, 3.8) is 0 Å². The molecular formula is C18H16O6S. The van der Waals surface area contributed by atoms with Crippen molar-refractivity contribution in [1.82, 2.24) is 0 Å². The first-order valence-corrected chi connectivity index (χ1v) is 8.44. The third-order valence-corrected chi connectivity index (χ3v) is 4.73. The third kappa shape index (κ3) is 2.71. The molecule has 0 fully saturated rings. The predicted octanol–water partition coefficient (Wildman–Crippen LogP) is 2.51. The molecule has 1 N–H and O–H groups in total. The SMILES string of the molecule is CCOC(=O)[C@]1(O)C(C=O)=C(c2cccs2)Oc2cc(OC)ccc21. The van der Waals surface area contributed by atoms with Crippen LogP contribution in [0.5, 0.6) is 11.5 Å². The third-order valence-electron chi connectivity index (χ3n) is 3.86. The largest absolute Gasteiger partial charge is 0.497 e. The van der Waals surface area contributed by atoms with E-state index in [2.05, 4.69) is 0 Å². The number of thiophene rings is 1. The molecule has 6 nitrogen and oxygen atoms in total. The van der Waals surface area contributed by atoms with Crippen molar-refractivity contribution < 1.29 is 28.9 Å². The monoisotopic (exact) mass is 360 g/mol. The maximum atomic E-state index is 12.6. The lowest BCUT2D eigenvalue weighted by molar-refractivity contribution is -0.163. The zero-order valence-corrected chi connectivity index (χ0v) is 14.5. The van der Waals surface area contributed by atoms with E-state index in [4.69, 9.17) is 14.2 Å². The van der Waals surface area contributed by atoms with E-state index >= 15 is 0 Å². The molecule has 0 bridgehead atoms. The molecule has 0 spiro atoms. The number of fused-ring (bicyclic) bond motifs is 1. The molecule has 0 saturated carbocycles. The lowest BCUT2D eigenvalue weighted by Crippen LogP contribution is -2.43. The first-order valence-electron chi connectivity index (χ1n) is 7.56. The van der Waals surface area contributed by atoms with Gasteiger partial charge in [-0.3, -0.25) is 4.79 Å². The zero-order chi connectivity index (χ0) is 18.0. The number of aliphatic hydroxyl groups is 1. The molecule has 1 aromatic carbocycles. The fourth-order valence-electron chi connectivity index (χ4n) is 2.67. The van der Waals surface area contributed by atoms with Crippen LogP contribution in [0.25, 0.3) is 5.76 Å². The van der Waals surface area contributed by atoms with E-state index in [9.17, 15) is 14.7 Å². The second-order valence-corrected chi connectivity index (χ2v) is 6.18. The molecule has 1 aliphatic heterocycles. The summed E-state index contributed by atoms with van der Waals surface area (Å²) >= 11 is 1.32. The number of esters is 1. The highest BCUT2D eigenvalue weighted by atomic mass is 32.1. The minimum Gasteiger partial charge on any atom is -0.497 e. The molecule has 0 aliphatic carbocycles. The molecule has 2 aromatic rings. The van der Waals surface area contributed by atoms with E-state index in [1.165, 1.54) is 24.5 Å². The van der Waals surface area contributed by atoms with Crippen LogP contribution >= 0.6 is 11.3 Å². The highest BCUT2D eigenvalue weighted by Crippen LogP contribution is 2.46. The van der Waals surface area contributed by atoms with Crippen molar-refractivity contribution >= 4 is 29.4 Å². The zero-order valence-electron chi connectivity index (χ0n) is 13.6. The maximum Gasteiger partial charge on any atom is 0.348 e. The van der Waals surface area contributed by atoms with E-state index in [1.54, 1.807) is 36.6 Å². The minimum atomic E-state index is -2.25. The van der Waals surface area contributed by atoms with Crippen LogP contribution in [0.4, 0.5) is 0 Å². The number of carbonyl (C=O) groups is 2. The molecule has 0 amide bonds. The molecule has 0 saturated heterocycles. The Balaban J connectivity index is 2.28. The minimum absolute atomic E-state index is 0.0635. The van der Waals surface area contributed by atoms with Crippen LogP contribution < -0.4 is 9.47 Å². The van der Waals surface area contributed by atoms with E-state index in [1.807, 2.05) is 0 Å². The lowest BCUT2D eigenvalue weighted by atomic mass is 9.83. The van der Waals surface area contributed by atoms with Crippen LogP contribution in [0.2, 0.25) is 0 Å². The summed E-state index contributed by atoms with van der Waals surface area (Å²) < 4.78 is 16.1. The number of rotatable bonds is 5. The van der Waals surface area contributed by atoms with Crippen LogP contribution in [0.3, 0.4) is 0 Å². The maximum absolute atomic E-state index is 12.6. The van der Waals surface area contributed by atoms with Gasteiger partial charge in [0.2, 0.25) is 5.60 Å². The van der Waals surface area contributed by atoms with Gasteiger partial charge in [0.05, 0.1) is 24.2 Å². The molecule has 7 heteroatoms. The summed E-state index contributed by atoms with van der Waals surface area (Å²) in [4.78, 5) is 25.0. The van der Waals surface area contributed by atoms with Gasteiger partial charge in [-0.15, -0.1) is 11.3 Å². The molecule has 1 atom stereocenters. The summed E-state index contributed by atoms with van der Waals surface area (Å²) in [6.07, 6.45) is 0.430. The second-order valence-electron chi connectivity index (χ2n) is 5.23. The number of ether oxygens (including phenoxy) is 3. The lowest BCUT2D eigenvalue weighted by Gasteiger charge is -2.33. The van der Waals surface area contributed by atoms with Gasteiger partial charge in [-0.25, -0.2) is 4.79 Å². The Labute approximate surface area is 148 Å². The van der Waals surface area contributed by atoms with Crippen molar-refractivity contribution in [1.29, 1.82) is 0 Å². The van der Waals surface area contributed by atoms with Crippen molar-refractivity contribution in [2.45, 2.75) is 12.5 Å². The Kier molecular flexibility index (Phi) is 4.61. The van der Waals surface area contributed by atoms with E-state index in [0.717, 1.165) is 0 Å². The quantitative estimate of drug-likeness (QED) is 0.652. The molecule has 0 radical (unpaired) electrons. The van der Waals surface area contributed by atoms with Gasteiger partial charge in [0.25, 0.3) is 0 Å². The average molecular weight is 360 g/mol. The summed E-state index contributed by atoms with van der Waals surface area (Å²) in [7, 11) is 1.50. The highest BCUT2D eigenvalue weighted by molar-refractivity contribution is 7.11. The Morgan fingerprint density at radius 2 is 2.20 bits per heavy atom. The molecule has 1 aliphatic rings. The fraction of sp³-hybridized carbons (Fsp3) is 0.222. The van der Waals surface area contributed by atoms with E-state index in [-0.39, 0.29) is 29.3 Å². The number of hydrogen-bond donors (Lipinski definition) is 1. The molecule has 25 heavy (non-hydrogen) atoms. The van der Waals surface area contributed by atoms with Gasteiger partial charge in [0, 0.05) is 11.6 Å². The van der Waals surface area contributed by atoms with Gasteiger partial charge < -0.3 is 19.3 Å². The van der Waals surface area contributed by atoms with Crippen molar-refractivity contribution in [2.24, 2.45) is 0 Å². The Hall–Kier alpha value is -2.64. The molecule has 2 heterocycles. The molecule has 130 valence electrons. The first kappa shape index (κ1) is 17.2. The van der Waals surface area contributed by atoms with Gasteiger partial charge in [-0.05, 0) is 30.5 Å². The summed E-state index contributed by atoms with van der Waals surface area (Å²) in [5.74, 6) is -0.0869. The van der Waals surface area contributed by atoms with Gasteiger partial charge in [0.1, 0.15) is 11.5 Å². The Bertz CT molecular complexity index is 839. The number of benzene rings is 1. The summed E-state index contributed by atoms with van der Waals surface area (Å²) in [5, 5.41) is 13.0. The second kappa shape index (κ2) is 6.70. The molecule has 0 unspecified atom stereocenters. The molecule has 1 aromatic heterocycles. The summed E-state index contributed by atoms with van der Waals surface area (Å²) in [6, 6.07) is 8.13. The molecule has 3 rings (SSSR count). The van der Waals surface area contributed by atoms with Crippen LogP contribution in [-0.4, -0.2) is 31.1 Å². The first-order chi connectivity index (χ1) is 12.1. The van der Waals surface area contributed by atoms with Crippen LogP contribution in [0, 0.1) is 0 Å². The van der Waals surface area contributed by atoms with Crippen molar-refractivity contribution in [3.05, 3.63) is 51.7 Å². The highest BCUT2D eigenvalue weighted by Gasteiger charge is 2.50. The number of aldehydes is 1.